The summed E-state index contributed by atoms with van der Waals surface area (Å²) in [6.45, 7) is 8.65. The lowest BCUT2D eigenvalue weighted by molar-refractivity contribution is -0.135. The number of hydrogen-bond acceptors (Lipinski definition) is 3. The van der Waals surface area contributed by atoms with Gasteiger partial charge in [0.15, 0.2) is 5.96 Å². The minimum absolute atomic E-state index is 0. The first-order valence-electron chi connectivity index (χ1n) is 9.47. The fraction of sp³-hybridized carbons (Fsp3) is 0.600. The Morgan fingerprint density at radius 2 is 1.85 bits per heavy atom. The van der Waals surface area contributed by atoms with Gasteiger partial charge in [0.2, 0.25) is 5.91 Å². The van der Waals surface area contributed by atoms with Gasteiger partial charge in [-0.2, -0.15) is 0 Å². The summed E-state index contributed by atoms with van der Waals surface area (Å²) in [5.41, 5.74) is 0. The number of nitrogens with one attached hydrogen (secondary N) is 2. The predicted octanol–water partition coefficient (Wildman–Crippen LogP) is 3.60. The first-order valence-corrected chi connectivity index (χ1v) is 10.3. The van der Waals surface area contributed by atoms with E-state index >= 15 is 0 Å². The maximum atomic E-state index is 12.1. The highest BCUT2D eigenvalue weighted by atomic mass is 127. The summed E-state index contributed by atoms with van der Waals surface area (Å²) in [4.78, 5) is 19.7. The number of aliphatic imine (C=N–C) groups is 1. The third-order valence-electron chi connectivity index (χ3n) is 4.50. The Kier molecular flexibility index (Phi) is 11.1. The summed E-state index contributed by atoms with van der Waals surface area (Å²) in [6, 6.07) is 10.8. The number of piperidine rings is 1. The van der Waals surface area contributed by atoms with E-state index in [1.807, 2.05) is 43.6 Å². The van der Waals surface area contributed by atoms with Gasteiger partial charge in [0, 0.05) is 48.8 Å². The van der Waals surface area contributed by atoms with Gasteiger partial charge in [-0.25, -0.2) is 0 Å². The molecule has 0 saturated carbocycles. The normalized spacial score (nSPS) is 16.6. The monoisotopic (exact) mass is 504 g/mol. The lowest BCUT2D eigenvalue weighted by Gasteiger charge is -2.34. The number of halogens is 1. The Labute approximate surface area is 185 Å². The fourth-order valence-electron chi connectivity index (χ4n) is 3.01. The van der Waals surface area contributed by atoms with Crippen molar-refractivity contribution in [2.75, 3.05) is 26.7 Å². The predicted molar refractivity (Wildman–Crippen MR) is 126 cm³/mol. The molecule has 1 aliphatic heterocycles. The standard InChI is InChI=1S/C20H32N4OS.HI/c1-15(2)19(25)24-12-10-17(11-13-24)23-20(21-4)22-14-16(3)26-18-8-6-5-7-9-18;/h5-9,15-17H,10-14H2,1-4H3,(H2,21,22,23);1H. The smallest absolute Gasteiger partial charge is 0.225 e. The number of likely N-dealkylation sites (tertiary alicyclic amines) is 1. The maximum Gasteiger partial charge on any atom is 0.225 e. The Balaban J connectivity index is 0.00000364. The highest BCUT2D eigenvalue weighted by Crippen LogP contribution is 2.22. The van der Waals surface area contributed by atoms with E-state index in [1.165, 1.54) is 4.90 Å². The second-order valence-electron chi connectivity index (χ2n) is 7.09. The van der Waals surface area contributed by atoms with Crippen LogP contribution in [0.15, 0.2) is 40.2 Å². The van der Waals surface area contributed by atoms with Gasteiger partial charge in [-0.05, 0) is 25.0 Å². The molecule has 1 unspecified atom stereocenters. The van der Waals surface area contributed by atoms with E-state index in [-0.39, 0.29) is 35.8 Å². The van der Waals surface area contributed by atoms with Crippen LogP contribution in [-0.2, 0) is 4.79 Å². The Morgan fingerprint density at radius 3 is 2.41 bits per heavy atom. The molecule has 1 fully saturated rings. The van der Waals surface area contributed by atoms with Gasteiger partial charge in [0.05, 0.1) is 0 Å². The molecule has 1 aromatic rings. The molecule has 1 amide bonds. The first kappa shape index (κ1) is 24.1. The van der Waals surface area contributed by atoms with Gasteiger partial charge < -0.3 is 15.5 Å². The third-order valence-corrected chi connectivity index (χ3v) is 5.62. The molecule has 2 N–H and O–H groups in total. The summed E-state index contributed by atoms with van der Waals surface area (Å²) >= 11 is 1.86. The van der Waals surface area contributed by atoms with Crippen LogP contribution in [0.2, 0.25) is 0 Å². The number of rotatable bonds is 6. The lowest BCUT2D eigenvalue weighted by Crippen LogP contribution is -2.51. The highest BCUT2D eigenvalue weighted by Gasteiger charge is 2.24. The van der Waals surface area contributed by atoms with Crippen molar-refractivity contribution in [1.29, 1.82) is 0 Å². The van der Waals surface area contributed by atoms with Crippen LogP contribution < -0.4 is 10.6 Å². The molecule has 152 valence electrons. The van der Waals surface area contributed by atoms with Gasteiger partial charge in [0.25, 0.3) is 0 Å². The fourth-order valence-corrected chi connectivity index (χ4v) is 3.96. The van der Waals surface area contributed by atoms with E-state index in [4.69, 9.17) is 0 Å². The summed E-state index contributed by atoms with van der Waals surface area (Å²) in [7, 11) is 1.81. The second-order valence-corrected chi connectivity index (χ2v) is 8.61. The largest absolute Gasteiger partial charge is 0.355 e. The summed E-state index contributed by atoms with van der Waals surface area (Å²) in [6.07, 6.45) is 1.93. The molecule has 2 rings (SSSR count). The number of carbonyl (C=O) groups is 1. The van der Waals surface area contributed by atoms with Gasteiger partial charge in [-0.3, -0.25) is 9.79 Å². The molecule has 0 aliphatic carbocycles. The number of guanidine groups is 1. The van der Waals surface area contributed by atoms with Gasteiger partial charge in [-0.1, -0.05) is 39.0 Å². The second kappa shape index (κ2) is 12.5. The minimum Gasteiger partial charge on any atom is -0.355 e. The summed E-state index contributed by atoms with van der Waals surface area (Å²) < 4.78 is 0. The summed E-state index contributed by atoms with van der Waals surface area (Å²) in [5.74, 6) is 1.19. The van der Waals surface area contributed by atoms with Crippen LogP contribution in [0.1, 0.15) is 33.6 Å². The lowest BCUT2D eigenvalue weighted by atomic mass is 10.0. The maximum absolute atomic E-state index is 12.1. The molecule has 1 atom stereocenters. The molecule has 0 bridgehead atoms. The Bertz CT molecular complexity index is 589. The first-order chi connectivity index (χ1) is 12.5. The van der Waals surface area contributed by atoms with Crippen molar-refractivity contribution >= 4 is 47.6 Å². The van der Waals surface area contributed by atoms with Gasteiger partial charge in [0.1, 0.15) is 0 Å². The number of carbonyl (C=O) groups excluding carboxylic acids is 1. The van der Waals surface area contributed by atoms with E-state index < -0.39 is 0 Å². The molecule has 0 radical (unpaired) electrons. The van der Waals surface area contributed by atoms with E-state index in [9.17, 15) is 4.79 Å². The molecular formula is C20H33IN4OS. The molecule has 5 nitrogen and oxygen atoms in total. The van der Waals surface area contributed by atoms with Crippen molar-refractivity contribution in [3.05, 3.63) is 30.3 Å². The van der Waals surface area contributed by atoms with Gasteiger partial charge >= 0.3 is 0 Å². The molecule has 1 aromatic carbocycles. The molecule has 0 spiro atoms. The minimum atomic E-state index is 0. The van der Waals surface area contributed by atoms with Crippen molar-refractivity contribution in [2.24, 2.45) is 10.9 Å². The van der Waals surface area contributed by atoms with Crippen LogP contribution in [0.5, 0.6) is 0 Å². The van der Waals surface area contributed by atoms with E-state index in [0.717, 1.165) is 38.4 Å². The van der Waals surface area contributed by atoms with Crippen molar-refractivity contribution in [1.82, 2.24) is 15.5 Å². The average Bonchev–Trinajstić information content (AvgIpc) is 2.65. The Morgan fingerprint density at radius 1 is 1.22 bits per heavy atom. The SMILES string of the molecule is CN=C(NCC(C)Sc1ccccc1)NC1CCN(C(=O)C(C)C)CC1.I. The van der Waals surface area contributed by atoms with Crippen LogP contribution >= 0.6 is 35.7 Å². The quantitative estimate of drug-likeness (QED) is 0.269. The van der Waals surface area contributed by atoms with Crippen LogP contribution in [0.3, 0.4) is 0 Å². The number of amides is 1. The molecule has 7 heteroatoms. The van der Waals surface area contributed by atoms with Crippen molar-refractivity contribution in [3.8, 4) is 0 Å². The van der Waals surface area contributed by atoms with E-state index in [0.29, 0.717) is 11.3 Å². The topological polar surface area (TPSA) is 56.7 Å². The van der Waals surface area contributed by atoms with Crippen molar-refractivity contribution in [2.45, 2.75) is 49.8 Å². The zero-order valence-corrected chi connectivity index (χ0v) is 19.9. The molecule has 27 heavy (non-hydrogen) atoms. The molecule has 1 heterocycles. The van der Waals surface area contributed by atoms with E-state index in [1.54, 1.807) is 0 Å². The van der Waals surface area contributed by atoms with E-state index in [2.05, 4.69) is 46.8 Å². The third kappa shape index (κ3) is 8.29. The van der Waals surface area contributed by atoms with Crippen LogP contribution in [0.25, 0.3) is 0 Å². The zero-order chi connectivity index (χ0) is 18.9. The zero-order valence-electron chi connectivity index (χ0n) is 16.8. The molecular weight excluding hydrogens is 471 g/mol. The van der Waals surface area contributed by atoms with Crippen molar-refractivity contribution in [3.63, 3.8) is 0 Å². The average molecular weight is 504 g/mol. The highest BCUT2D eigenvalue weighted by molar-refractivity contribution is 14.0. The summed E-state index contributed by atoms with van der Waals surface area (Å²) in [5, 5.41) is 7.38. The van der Waals surface area contributed by atoms with Crippen LogP contribution in [0, 0.1) is 5.92 Å². The number of nitrogens with zero attached hydrogens (tertiary/aromatic N) is 2. The number of hydrogen-bond donors (Lipinski definition) is 2. The number of benzene rings is 1. The van der Waals surface area contributed by atoms with Crippen LogP contribution in [0.4, 0.5) is 0 Å². The molecule has 1 saturated heterocycles. The Hall–Kier alpha value is -0.960. The molecule has 0 aromatic heterocycles. The molecule has 1 aliphatic rings. The van der Waals surface area contributed by atoms with Gasteiger partial charge in [-0.15, -0.1) is 35.7 Å². The van der Waals surface area contributed by atoms with Crippen molar-refractivity contribution < 1.29 is 4.79 Å². The van der Waals surface area contributed by atoms with Crippen LogP contribution in [-0.4, -0.2) is 54.7 Å². The number of thioether (sulfide) groups is 1.